The number of aromatic nitrogens is 2. The van der Waals surface area contributed by atoms with Crippen molar-refractivity contribution in [3.05, 3.63) is 71.7 Å². The maximum atomic E-state index is 12.6. The number of para-hydroxylation sites is 1. The smallest absolute Gasteiger partial charge is 0.197 e. The van der Waals surface area contributed by atoms with Crippen LogP contribution in [0.3, 0.4) is 0 Å². The van der Waals surface area contributed by atoms with E-state index in [0.29, 0.717) is 11.1 Å². The molecule has 0 amide bonds. The first-order chi connectivity index (χ1) is 9.27. The van der Waals surface area contributed by atoms with Crippen LogP contribution in [0, 0.1) is 6.92 Å². The molecule has 0 bridgehead atoms. The van der Waals surface area contributed by atoms with Crippen molar-refractivity contribution in [1.82, 2.24) is 9.97 Å². The number of pyridine rings is 2. The monoisotopic (exact) mass is 248 g/mol. The zero-order valence-corrected chi connectivity index (χ0v) is 10.5. The number of nitrogens with zero attached hydrogens (tertiary/aromatic N) is 2. The summed E-state index contributed by atoms with van der Waals surface area (Å²) in [5, 5.41) is 0.967. The van der Waals surface area contributed by atoms with Crippen LogP contribution >= 0.6 is 0 Å². The molecule has 0 N–H and O–H groups in total. The van der Waals surface area contributed by atoms with Crippen molar-refractivity contribution in [3.63, 3.8) is 0 Å². The molecule has 2 heterocycles. The number of fused-ring (bicyclic) bond motifs is 1. The highest BCUT2D eigenvalue weighted by atomic mass is 16.1. The van der Waals surface area contributed by atoms with Crippen molar-refractivity contribution < 1.29 is 4.79 Å². The molecule has 3 rings (SSSR count). The van der Waals surface area contributed by atoms with E-state index in [0.717, 1.165) is 16.5 Å². The van der Waals surface area contributed by atoms with E-state index in [1.807, 2.05) is 43.3 Å². The Morgan fingerprint density at radius 3 is 2.68 bits per heavy atom. The first-order valence-electron chi connectivity index (χ1n) is 6.06. The molecule has 2 aromatic heterocycles. The second kappa shape index (κ2) is 4.61. The molecule has 0 aliphatic heterocycles. The minimum atomic E-state index is -0.0325. The van der Waals surface area contributed by atoms with Crippen molar-refractivity contribution >= 4 is 16.7 Å². The molecular formula is C16H12N2O. The van der Waals surface area contributed by atoms with Crippen LogP contribution in [0.5, 0.6) is 0 Å². The summed E-state index contributed by atoms with van der Waals surface area (Å²) < 4.78 is 0. The molecule has 1 aromatic carbocycles. The number of hydrogen-bond donors (Lipinski definition) is 0. The van der Waals surface area contributed by atoms with E-state index in [-0.39, 0.29) is 5.78 Å². The van der Waals surface area contributed by atoms with Gasteiger partial charge in [-0.05, 0) is 30.7 Å². The van der Waals surface area contributed by atoms with Crippen molar-refractivity contribution in [2.45, 2.75) is 6.92 Å². The van der Waals surface area contributed by atoms with Gasteiger partial charge in [0.05, 0.1) is 5.52 Å². The summed E-state index contributed by atoms with van der Waals surface area (Å²) in [7, 11) is 0. The topological polar surface area (TPSA) is 42.9 Å². The van der Waals surface area contributed by atoms with Gasteiger partial charge in [-0.25, -0.2) is 0 Å². The SMILES string of the molecule is Cc1ccncc1C(=O)c1cccc2cccnc12. The van der Waals surface area contributed by atoms with Crippen LogP contribution in [-0.4, -0.2) is 15.8 Å². The van der Waals surface area contributed by atoms with E-state index in [2.05, 4.69) is 9.97 Å². The predicted octanol–water partition coefficient (Wildman–Crippen LogP) is 3.17. The quantitative estimate of drug-likeness (QED) is 0.654. The minimum absolute atomic E-state index is 0.0325. The molecule has 0 atom stereocenters. The summed E-state index contributed by atoms with van der Waals surface area (Å²) in [6, 6.07) is 11.3. The Kier molecular flexibility index (Phi) is 2.80. The Morgan fingerprint density at radius 1 is 1.00 bits per heavy atom. The number of carbonyl (C=O) groups is 1. The predicted molar refractivity (Wildman–Crippen MR) is 74.1 cm³/mol. The third-order valence-corrected chi connectivity index (χ3v) is 3.16. The van der Waals surface area contributed by atoms with Gasteiger partial charge in [-0.3, -0.25) is 14.8 Å². The van der Waals surface area contributed by atoms with Crippen molar-refractivity contribution in [3.8, 4) is 0 Å². The fraction of sp³-hybridized carbons (Fsp3) is 0.0625. The molecule has 0 aliphatic carbocycles. The summed E-state index contributed by atoms with van der Waals surface area (Å²) >= 11 is 0. The molecule has 0 aliphatic rings. The molecule has 3 nitrogen and oxygen atoms in total. The molecule has 0 fully saturated rings. The maximum absolute atomic E-state index is 12.6. The van der Waals surface area contributed by atoms with Gasteiger partial charge in [-0.1, -0.05) is 18.2 Å². The molecule has 0 saturated heterocycles. The number of carbonyl (C=O) groups excluding carboxylic acids is 1. The van der Waals surface area contributed by atoms with Crippen LogP contribution in [0.2, 0.25) is 0 Å². The minimum Gasteiger partial charge on any atom is -0.288 e. The van der Waals surface area contributed by atoms with Gasteiger partial charge < -0.3 is 0 Å². The van der Waals surface area contributed by atoms with Crippen molar-refractivity contribution in [1.29, 1.82) is 0 Å². The van der Waals surface area contributed by atoms with Gasteiger partial charge in [0.15, 0.2) is 5.78 Å². The Balaban J connectivity index is 2.20. The van der Waals surface area contributed by atoms with Crippen LogP contribution in [-0.2, 0) is 0 Å². The highest BCUT2D eigenvalue weighted by Gasteiger charge is 2.15. The van der Waals surface area contributed by atoms with E-state index >= 15 is 0 Å². The number of rotatable bonds is 2. The van der Waals surface area contributed by atoms with Crippen LogP contribution in [0.15, 0.2) is 55.0 Å². The fourth-order valence-electron chi connectivity index (χ4n) is 2.13. The van der Waals surface area contributed by atoms with Crippen molar-refractivity contribution in [2.75, 3.05) is 0 Å². The lowest BCUT2D eigenvalue weighted by Crippen LogP contribution is -2.05. The van der Waals surface area contributed by atoms with Crippen LogP contribution in [0.4, 0.5) is 0 Å². The van der Waals surface area contributed by atoms with E-state index in [1.54, 1.807) is 18.6 Å². The molecule has 19 heavy (non-hydrogen) atoms. The highest BCUT2D eigenvalue weighted by molar-refractivity contribution is 6.15. The summed E-state index contributed by atoms with van der Waals surface area (Å²) in [5.74, 6) is -0.0325. The summed E-state index contributed by atoms with van der Waals surface area (Å²) in [6.45, 7) is 1.91. The third kappa shape index (κ3) is 1.99. The molecule has 0 saturated carbocycles. The van der Waals surface area contributed by atoms with Gasteiger partial charge in [0.1, 0.15) is 0 Å². The lowest BCUT2D eigenvalue weighted by molar-refractivity contribution is 0.103. The Bertz CT molecular complexity index is 760. The van der Waals surface area contributed by atoms with E-state index < -0.39 is 0 Å². The van der Waals surface area contributed by atoms with Gasteiger partial charge in [0.25, 0.3) is 0 Å². The lowest BCUT2D eigenvalue weighted by atomic mass is 9.99. The summed E-state index contributed by atoms with van der Waals surface area (Å²) in [6.07, 6.45) is 5.00. The van der Waals surface area contributed by atoms with Gasteiger partial charge in [0, 0.05) is 35.1 Å². The number of ketones is 1. The standard InChI is InChI=1S/C16H12N2O/c1-11-7-9-17-10-14(11)16(19)13-6-2-4-12-5-3-8-18-15(12)13/h2-10H,1H3. The average molecular weight is 248 g/mol. The fourth-order valence-corrected chi connectivity index (χ4v) is 2.13. The second-order valence-electron chi connectivity index (χ2n) is 4.40. The Labute approximate surface area is 111 Å². The summed E-state index contributed by atoms with van der Waals surface area (Å²) in [5.41, 5.74) is 2.90. The largest absolute Gasteiger partial charge is 0.288 e. The number of hydrogen-bond acceptors (Lipinski definition) is 3. The average Bonchev–Trinajstić information content (AvgIpc) is 2.46. The molecule has 0 radical (unpaired) electrons. The molecular weight excluding hydrogens is 236 g/mol. The van der Waals surface area contributed by atoms with E-state index in [1.165, 1.54) is 0 Å². The Hall–Kier alpha value is -2.55. The first-order valence-corrected chi connectivity index (χ1v) is 6.06. The van der Waals surface area contributed by atoms with Gasteiger partial charge >= 0.3 is 0 Å². The second-order valence-corrected chi connectivity index (χ2v) is 4.40. The van der Waals surface area contributed by atoms with Gasteiger partial charge in [0.2, 0.25) is 0 Å². The summed E-state index contributed by atoms with van der Waals surface area (Å²) in [4.78, 5) is 20.9. The zero-order valence-electron chi connectivity index (χ0n) is 10.5. The molecule has 0 spiro atoms. The zero-order chi connectivity index (χ0) is 13.2. The van der Waals surface area contributed by atoms with Crippen molar-refractivity contribution in [2.24, 2.45) is 0 Å². The maximum Gasteiger partial charge on any atom is 0.197 e. The van der Waals surface area contributed by atoms with E-state index in [9.17, 15) is 4.79 Å². The molecule has 0 unspecified atom stereocenters. The Morgan fingerprint density at radius 2 is 1.84 bits per heavy atom. The number of benzene rings is 1. The van der Waals surface area contributed by atoms with Crippen LogP contribution in [0.25, 0.3) is 10.9 Å². The van der Waals surface area contributed by atoms with Crippen LogP contribution in [0.1, 0.15) is 21.5 Å². The normalized spacial score (nSPS) is 10.6. The highest BCUT2D eigenvalue weighted by Crippen LogP contribution is 2.20. The van der Waals surface area contributed by atoms with Crippen LogP contribution < -0.4 is 0 Å². The van der Waals surface area contributed by atoms with E-state index in [4.69, 9.17) is 0 Å². The molecule has 3 aromatic rings. The molecule has 3 heteroatoms. The van der Waals surface area contributed by atoms with Gasteiger partial charge in [-0.2, -0.15) is 0 Å². The molecule has 92 valence electrons. The third-order valence-electron chi connectivity index (χ3n) is 3.16. The number of aryl methyl sites for hydroxylation is 1. The lowest BCUT2D eigenvalue weighted by Gasteiger charge is -2.06. The first kappa shape index (κ1) is 11.5. The van der Waals surface area contributed by atoms with Gasteiger partial charge in [-0.15, -0.1) is 0 Å².